The third-order valence-electron chi connectivity index (χ3n) is 4.33. The van der Waals surface area contributed by atoms with Gasteiger partial charge in [0, 0.05) is 6.61 Å². The topological polar surface area (TPSA) is 87.2 Å². The van der Waals surface area contributed by atoms with Gasteiger partial charge >= 0.3 is 6.01 Å². The third-order valence-corrected chi connectivity index (χ3v) is 4.33. The van der Waals surface area contributed by atoms with Gasteiger partial charge in [0.25, 0.3) is 0 Å². The predicted octanol–water partition coefficient (Wildman–Crippen LogP) is 3.52. The molecule has 1 saturated heterocycles. The van der Waals surface area contributed by atoms with Gasteiger partial charge in [0.1, 0.15) is 18.3 Å². The van der Waals surface area contributed by atoms with E-state index in [9.17, 15) is 0 Å². The van der Waals surface area contributed by atoms with E-state index < -0.39 is 0 Å². The summed E-state index contributed by atoms with van der Waals surface area (Å²) in [6.07, 6.45) is 7.12. The summed E-state index contributed by atoms with van der Waals surface area (Å²) in [5.41, 5.74) is 1.40. The summed E-state index contributed by atoms with van der Waals surface area (Å²) in [6, 6.07) is 4.31. The van der Waals surface area contributed by atoms with Crippen LogP contribution in [0.3, 0.4) is 0 Å². The van der Waals surface area contributed by atoms with Crippen LogP contribution in [0.15, 0.2) is 29.1 Å². The number of ether oxygens (including phenoxy) is 2. The molecule has 26 heavy (non-hydrogen) atoms. The number of nitrogens with one attached hydrogen (secondary N) is 1. The summed E-state index contributed by atoms with van der Waals surface area (Å²) in [4.78, 5) is 13.5. The minimum atomic E-state index is -0.103. The molecule has 138 valence electrons. The molecule has 0 spiro atoms. The highest BCUT2D eigenvalue weighted by atomic mass is 16.5. The van der Waals surface area contributed by atoms with Gasteiger partial charge in [-0.2, -0.15) is 4.98 Å². The molecule has 0 amide bonds. The summed E-state index contributed by atoms with van der Waals surface area (Å²) in [7, 11) is 0. The van der Waals surface area contributed by atoms with Gasteiger partial charge in [0.2, 0.25) is 0 Å². The van der Waals surface area contributed by atoms with E-state index >= 15 is 0 Å². The summed E-state index contributed by atoms with van der Waals surface area (Å²) >= 11 is 0. The van der Waals surface area contributed by atoms with Crippen LogP contribution in [0.4, 0.5) is 5.82 Å². The van der Waals surface area contributed by atoms with E-state index in [1.807, 2.05) is 16.7 Å². The van der Waals surface area contributed by atoms with Crippen molar-refractivity contribution in [2.45, 2.75) is 45.4 Å². The highest BCUT2D eigenvalue weighted by molar-refractivity contribution is 5.83. The van der Waals surface area contributed by atoms with E-state index in [1.54, 1.807) is 6.26 Å². The SMILES string of the molecule is CCCOc1nc2c(NCc3ccco3)ncnc2n1C1CCCCO1. The Morgan fingerprint density at radius 2 is 2.31 bits per heavy atom. The van der Waals surface area contributed by atoms with Gasteiger partial charge in [-0.15, -0.1) is 0 Å². The molecule has 3 aromatic rings. The Labute approximate surface area is 151 Å². The van der Waals surface area contributed by atoms with Crippen LogP contribution >= 0.6 is 0 Å². The zero-order chi connectivity index (χ0) is 17.8. The van der Waals surface area contributed by atoms with Gasteiger partial charge < -0.3 is 19.2 Å². The fourth-order valence-corrected chi connectivity index (χ4v) is 3.08. The van der Waals surface area contributed by atoms with E-state index in [0.717, 1.165) is 43.7 Å². The molecule has 1 fully saturated rings. The molecule has 1 aliphatic heterocycles. The van der Waals surface area contributed by atoms with Crippen molar-refractivity contribution >= 4 is 17.0 Å². The Morgan fingerprint density at radius 1 is 1.35 bits per heavy atom. The van der Waals surface area contributed by atoms with Gasteiger partial charge in [0.05, 0.1) is 19.4 Å². The number of aromatic nitrogens is 4. The Kier molecular flexibility index (Phi) is 5.01. The van der Waals surface area contributed by atoms with Gasteiger partial charge in [0.15, 0.2) is 17.0 Å². The van der Waals surface area contributed by atoms with Gasteiger partial charge in [-0.3, -0.25) is 4.57 Å². The molecule has 1 unspecified atom stereocenters. The van der Waals surface area contributed by atoms with Crippen LogP contribution in [0.1, 0.15) is 44.6 Å². The number of imidazole rings is 1. The molecule has 3 aromatic heterocycles. The molecule has 4 heterocycles. The maximum Gasteiger partial charge on any atom is 0.300 e. The van der Waals surface area contributed by atoms with Crippen molar-refractivity contribution in [2.75, 3.05) is 18.5 Å². The summed E-state index contributed by atoms with van der Waals surface area (Å²) in [5, 5.41) is 3.27. The first kappa shape index (κ1) is 16.8. The molecule has 0 bridgehead atoms. The standard InChI is InChI=1S/C18H23N5O3/c1-2-8-26-18-22-15-16(19-11-13-6-5-10-24-13)20-12-21-17(15)23(18)14-7-3-4-9-25-14/h5-6,10,12,14H,2-4,7-9,11H2,1H3,(H,19,20,21). The number of furan rings is 1. The second kappa shape index (κ2) is 7.74. The smallest absolute Gasteiger partial charge is 0.300 e. The largest absolute Gasteiger partial charge is 0.467 e. The van der Waals surface area contributed by atoms with E-state index in [0.29, 0.717) is 30.5 Å². The second-order valence-corrected chi connectivity index (χ2v) is 6.26. The first-order valence-corrected chi connectivity index (χ1v) is 9.10. The average molecular weight is 357 g/mol. The Hall–Kier alpha value is -2.61. The lowest BCUT2D eigenvalue weighted by Gasteiger charge is -2.25. The van der Waals surface area contributed by atoms with Gasteiger partial charge in [-0.1, -0.05) is 6.92 Å². The lowest BCUT2D eigenvalue weighted by Crippen LogP contribution is -2.19. The molecule has 0 aromatic carbocycles. The molecule has 0 radical (unpaired) electrons. The van der Waals surface area contributed by atoms with E-state index in [4.69, 9.17) is 13.9 Å². The summed E-state index contributed by atoms with van der Waals surface area (Å²) in [6.45, 7) is 3.93. The summed E-state index contributed by atoms with van der Waals surface area (Å²) in [5.74, 6) is 1.48. The predicted molar refractivity (Wildman–Crippen MR) is 96.0 cm³/mol. The van der Waals surface area contributed by atoms with E-state index in [1.165, 1.54) is 6.33 Å². The fraction of sp³-hybridized carbons (Fsp3) is 0.500. The zero-order valence-corrected chi connectivity index (χ0v) is 14.9. The molecule has 8 nitrogen and oxygen atoms in total. The Bertz CT molecular complexity index is 840. The number of rotatable bonds is 7. The molecular formula is C18H23N5O3. The lowest BCUT2D eigenvalue weighted by molar-refractivity contribution is -0.0342. The lowest BCUT2D eigenvalue weighted by atomic mass is 10.2. The number of anilines is 1. The Balaban J connectivity index is 1.69. The minimum absolute atomic E-state index is 0.103. The molecule has 4 rings (SSSR count). The number of nitrogens with zero attached hydrogens (tertiary/aromatic N) is 4. The third kappa shape index (κ3) is 3.37. The normalized spacial score (nSPS) is 17.5. The molecule has 1 N–H and O–H groups in total. The van der Waals surface area contributed by atoms with E-state index in [2.05, 4.69) is 27.2 Å². The maximum atomic E-state index is 5.96. The highest BCUT2D eigenvalue weighted by Gasteiger charge is 2.25. The van der Waals surface area contributed by atoms with Crippen LogP contribution in [0.5, 0.6) is 6.01 Å². The number of hydrogen-bond donors (Lipinski definition) is 1. The highest BCUT2D eigenvalue weighted by Crippen LogP contribution is 2.33. The van der Waals surface area contributed by atoms with Crippen LogP contribution in [0.2, 0.25) is 0 Å². The van der Waals surface area contributed by atoms with Crippen LogP contribution in [-0.4, -0.2) is 32.7 Å². The van der Waals surface area contributed by atoms with Crippen molar-refractivity contribution in [3.63, 3.8) is 0 Å². The average Bonchev–Trinajstić information content (AvgIpc) is 3.33. The molecule has 0 saturated carbocycles. The molecule has 8 heteroatoms. The maximum absolute atomic E-state index is 5.96. The Morgan fingerprint density at radius 3 is 3.08 bits per heavy atom. The zero-order valence-electron chi connectivity index (χ0n) is 14.9. The van der Waals surface area contributed by atoms with Crippen LogP contribution in [0, 0.1) is 0 Å². The quantitative estimate of drug-likeness (QED) is 0.692. The monoisotopic (exact) mass is 357 g/mol. The van der Waals surface area contributed by atoms with Crippen molar-refractivity contribution < 1.29 is 13.9 Å². The van der Waals surface area contributed by atoms with Crippen molar-refractivity contribution in [3.8, 4) is 6.01 Å². The first-order valence-electron chi connectivity index (χ1n) is 9.10. The minimum Gasteiger partial charge on any atom is -0.467 e. The van der Waals surface area contributed by atoms with E-state index in [-0.39, 0.29) is 6.23 Å². The molecule has 0 aliphatic carbocycles. The van der Waals surface area contributed by atoms with Crippen molar-refractivity contribution in [3.05, 3.63) is 30.5 Å². The van der Waals surface area contributed by atoms with Crippen molar-refractivity contribution in [1.82, 2.24) is 19.5 Å². The van der Waals surface area contributed by atoms with Crippen molar-refractivity contribution in [1.29, 1.82) is 0 Å². The molecule has 1 aliphatic rings. The van der Waals surface area contributed by atoms with Crippen LogP contribution < -0.4 is 10.1 Å². The summed E-state index contributed by atoms with van der Waals surface area (Å²) < 4.78 is 19.2. The molecular weight excluding hydrogens is 334 g/mol. The second-order valence-electron chi connectivity index (χ2n) is 6.26. The fourth-order valence-electron chi connectivity index (χ4n) is 3.08. The van der Waals surface area contributed by atoms with Gasteiger partial charge in [-0.25, -0.2) is 9.97 Å². The first-order chi connectivity index (χ1) is 12.9. The van der Waals surface area contributed by atoms with Gasteiger partial charge in [-0.05, 0) is 37.8 Å². The molecule has 1 atom stereocenters. The number of hydrogen-bond acceptors (Lipinski definition) is 7. The van der Waals surface area contributed by atoms with Crippen molar-refractivity contribution in [2.24, 2.45) is 0 Å². The van der Waals surface area contributed by atoms with Crippen LogP contribution in [0.25, 0.3) is 11.2 Å². The number of fused-ring (bicyclic) bond motifs is 1. The van der Waals surface area contributed by atoms with Crippen LogP contribution in [-0.2, 0) is 11.3 Å².